The molecule has 16 heavy (non-hydrogen) atoms. The summed E-state index contributed by atoms with van der Waals surface area (Å²) in [5, 5.41) is 3.42. The molecule has 0 aromatic heterocycles. The molecule has 1 aliphatic rings. The fourth-order valence-corrected chi connectivity index (χ4v) is 2.21. The highest BCUT2D eigenvalue weighted by Gasteiger charge is 2.07. The number of benzene rings is 1. The Morgan fingerprint density at radius 1 is 1.19 bits per heavy atom. The van der Waals surface area contributed by atoms with E-state index < -0.39 is 0 Å². The maximum atomic E-state index is 4.50. The summed E-state index contributed by atoms with van der Waals surface area (Å²) in [6.45, 7) is 5.20. The van der Waals surface area contributed by atoms with E-state index in [2.05, 4.69) is 52.2 Å². The van der Waals surface area contributed by atoms with Gasteiger partial charge in [0.2, 0.25) is 0 Å². The number of halogens is 1. The maximum absolute atomic E-state index is 4.50. The van der Waals surface area contributed by atoms with E-state index in [1.54, 1.807) is 0 Å². The van der Waals surface area contributed by atoms with E-state index in [0.29, 0.717) is 0 Å². The van der Waals surface area contributed by atoms with Crippen molar-refractivity contribution in [2.75, 3.05) is 11.9 Å². The van der Waals surface area contributed by atoms with Gasteiger partial charge in [0, 0.05) is 23.1 Å². The van der Waals surface area contributed by atoms with Crippen LogP contribution in [0.4, 0.5) is 5.69 Å². The number of aryl methyl sites for hydroxylation is 2. The van der Waals surface area contributed by atoms with Gasteiger partial charge in [-0.1, -0.05) is 15.9 Å². The summed E-state index contributed by atoms with van der Waals surface area (Å²) in [6.07, 6.45) is 3.55. The lowest BCUT2D eigenvalue weighted by atomic mass is 10.1. The van der Waals surface area contributed by atoms with E-state index >= 15 is 0 Å². The molecule has 0 saturated heterocycles. The van der Waals surface area contributed by atoms with Crippen LogP contribution >= 0.6 is 15.9 Å². The summed E-state index contributed by atoms with van der Waals surface area (Å²) in [7, 11) is 0. The molecular weight excluding hydrogens is 264 g/mol. The van der Waals surface area contributed by atoms with Gasteiger partial charge in [0.05, 0.1) is 0 Å². The molecule has 0 unspecified atom stereocenters. The number of nitrogens with zero attached hydrogens (tertiary/aromatic N) is 1. The van der Waals surface area contributed by atoms with Gasteiger partial charge < -0.3 is 5.32 Å². The standard InChI is InChI=1S/C13H17BrN2/c1-9-7-11(8-10(2)13(9)14)16-12-5-3-4-6-15-12/h7-8H,3-6H2,1-2H3,(H,15,16). The first-order chi connectivity index (χ1) is 7.66. The zero-order valence-electron chi connectivity index (χ0n) is 9.81. The molecule has 1 N–H and O–H groups in total. The molecule has 86 valence electrons. The Balaban J connectivity index is 2.18. The third kappa shape index (κ3) is 2.64. The summed E-state index contributed by atoms with van der Waals surface area (Å²) in [5.41, 5.74) is 3.68. The predicted octanol–water partition coefficient (Wildman–Crippen LogP) is 4.06. The summed E-state index contributed by atoms with van der Waals surface area (Å²) < 4.78 is 1.20. The number of hydrogen-bond acceptors (Lipinski definition) is 2. The van der Waals surface area contributed by atoms with Crippen molar-refractivity contribution in [2.24, 2.45) is 4.99 Å². The highest BCUT2D eigenvalue weighted by molar-refractivity contribution is 9.10. The lowest BCUT2D eigenvalue weighted by Gasteiger charge is -2.15. The van der Waals surface area contributed by atoms with Crippen LogP contribution in [0, 0.1) is 13.8 Å². The molecule has 0 aliphatic carbocycles. The normalized spacial score (nSPS) is 15.8. The second kappa shape index (κ2) is 5.00. The van der Waals surface area contributed by atoms with Gasteiger partial charge in [-0.25, -0.2) is 0 Å². The maximum Gasteiger partial charge on any atom is 0.101 e. The molecule has 1 heterocycles. The predicted molar refractivity (Wildman–Crippen MR) is 73.4 cm³/mol. The first kappa shape index (κ1) is 11.6. The summed E-state index contributed by atoms with van der Waals surface area (Å²) in [4.78, 5) is 4.50. The Labute approximate surface area is 105 Å². The third-order valence-corrected chi connectivity index (χ3v) is 4.10. The second-order valence-electron chi connectivity index (χ2n) is 4.33. The molecule has 2 rings (SSSR count). The van der Waals surface area contributed by atoms with Crippen LogP contribution in [0.1, 0.15) is 30.4 Å². The summed E-state index contributed by atoms with van der Waals surface area (Å²) >= 11 is 3.58. The van der Waals surface area contributed by atoms with Gasteiger partial charge >= 0.3 is 0 Å². The average Bonchev–Trinajstić information content (AvgIpc) is 2.27. The molecule has 1 aromatic carbocycles. The molecule has 1 aliphatic heterocycles. The highest BCUT2D eigenvalue weighted by Crippen LogP contribution is 2.25. The zero-order valence-corrected chi connectivity index (χ0v) is 11.4. The molecule has 0 atom stereocenters. The van der Waals surface area contributed by atoms with E-state index in [4.69, 9.17) is 0 Å². The Kier molecular flexibility index (Phi) is 3.64. The van der Waals surface area contributed by atoms with Crippen LogP contribution in [-0.2, 0) is 0 Å². The Bertz CT molecular complexity index is 401. The fourth-order valence-electron chi connectivity index (χ4n) is 1.98. The van der Waals surface area contributed by atoms with Crippen LogP contribution in [0.25, 0.3) is 0 Å². The zero-order chi connectivity index (χ0) is 11.5. The quantitative estimate of drug-likeness (QED) is 0.824. The minimum absolute atomic E-state index is 0.969. The molecule has 0 amide bonds. The Morgan fingerprint density at radius 2 is 1.88 bits per heavy atom. The van der Waals surface area contributed by atoms with Gasteiger partial charge in [-0.15, -0.1) is 0 Å². The van der Waals surface area contributed by atoms with E-state index in [1.165, 1.54) is 28.4 Å². The first-order valence-electron chi connectivity index (χ1n) is 5.74. The van der Waals surface area contributed by atoms with Crippen LogP contribution in [0.2, 0.25) is 0 Å². The van der Waals surface area contributed by atoms with E-state index in [1.807, 2.05) is 0 Å². The molecule has 0 bridgehead atoms. The Morgan fingerprint density at radius 3 is 2.44 bits per heavy atom. The van der Waals surface area contributed by atoms with Crippen LogP contribution < -0.4 is 5.32 Å². The van der Waals surface area contributed by atoms with Crippen molar-refractivity contribution in [3.05, 3.63) is 27.7 Å². The van der Waals surface area contributed by atoms with Gasteiger partial charge in [-0.2, -0.15) is 0 Å². The van der Waals surface area contributed by atoms with Crippen molar-refractivity contribution in [1.29, 1.82) is 0 Å². The topological polar surface area (TPSA) is 24.4 Å². The average molecular weight is 281 g/mol. The fraction of sp³-hybridized carbons (Fsp3) is 0.462. The number of nitrogens with one attached hydrogen (secondary N) is 1. The third-order valence-electron chi connectivity index (χ3n) is 2.85. The molecule has 0 saturated carbocycles. The molecule has 0 fully saturated rings. The summed E-state index contributed by atoms with van der Waals surface area (Å²) in [5.74, 6) is 1.13. The van der Waals surface area contributed by atoms with Crippen molar-refractivity contribution in [1.82, 2.24) is 0 Å². The lowest BCUT2D eigenvalue weighted by Crippen LogP contribution is -2.16. The van der Waals surface area contributed by atoms with Crippen molar-refractivity contribution >= 4 is 27.5 Å². The molecule has 0 spiro atoms. The van der Waals surface area contributed by atoms with E-state index in [0.717, 1.165) is 24.5 Å². The number of rotatable bonds is 1. The first-order valence-corrected chi connectivity index (χ1v) is 6.53. The molecule has 2 nitrogen and oxygen atoms in total. The number of hydrogen-bond donors (Lipinski definition) is 1. The molecule has 0 radical (unpaired) electrons. The second-order valence-corrected chi connectivity index (χ2v) is 5.13. The minimum atomic E-state index is 0.969. The van der Waals surface area contributed by atoms with Crippen LogP contribution in [0.3, 0.4) is 0 Å². The van der Waals surface area contributed by atoms with E-state index in [-0.39, 0.29) is 0 Å². The summed E-state index contributed by atoms with van der Waals surface area (Å²) in [6, 6.07) is 4.32. The van der Waals surface area contributed by atoms with Crippen molar-refractivity contribution in [2.45, 2.75) is 33.1 Å². The van der Waals surface area contributed by atoms with Gasteiger partial charge in [0.15, 0.2) is 0 Å². The van der Waals surface area contributed by atoms with Crippen LogP contribution in [0.15, 0.2) is 21.6 Å². The van der Waals surface area contributed by atoms with Crippen molar-refractivity contribution in [3.63, 3.8) is 0 Å². The van der Waals surface area contributed by atoms with Gasteiger partial charge in [0.25, 0.3) is 0 Å². The van der Waals surface area contributed by atoms with Gasteiger partial charge in [-0.3, -0.25) is 4.99 Å². The monoisotopic (exact) mass is 280 g/mol. The molecular formula is C13H17BrN2. The Hall–Kier alpha value is -0.830. The van der Waals surface area contributed by atoms with E-state index in [9.17, 15) is 0 Å². The van der Waals surface area contributed by atoms with Crippen molar-refractivity contribution in [3.8, 4) is 0 Å². The number of amidine groups is 1. The largest absolute Gasteiger partial charge is 0.344 e. The SMILES string of the molecule is Cc1cc(NC2=NCCCC2)cc(C)c1Br. The van der Waals surface area contributed by atoms with Crippen molar-refractivity contribution < 1.29 is 0 Å². The van der Waals surface area contributed by atoms with Crippen LogP contribution in [0.5, 0.6) is 0 Å². The van der Waals surface area contributed by atoms with Gasteiger partial charge in [0.1, 0.15) is 5.84 Å². The molecule has 1 aromatic rings. The minimum Gasteiger partial charge on any atom is -0.344 e. The lowest BCUT2D eigenvalue weighted by molar-refractivity contribution is 0.737. The smallest absolute Gasteiger partial charge is 0.101 e. The molecule has 3 heteroatoms. The number of anilines is 1. The highest BCUT2D eigenvalue weighted by atomic mass is 79.9. The van der Waals surface area contributed by atoms with Gasteiger partial charge in [-0.05, 0) is 49.9 Å². The number of aliphatic imine (C=N–C) groups is 1. The van der Waals surface area contributed by atoms with Crippen LogP contribution in [-0.4, -0.2) is 12.4 Å².